The quantitative estimate of drug-likeness (QED) is 0.883. The van der Waals surface area contributed by atoms with Crippen LogP contribution in [0.15, 0.2) is 30.3 Å². The highest BCUT2D eigenvalue weighted by Gasteiger charge is 2.32. The largest absolute Gasteiger partial charge is 0.465 e. The van der Waals surface area contributed by atoms with Gasteiger partial charge < -0.3 is 24.8 Å². The van der Waals surface area contributed by atoms with Crippen LogP contribution < -0.4 is 5.32 Å². The average molecular weight is 308 g/mol. The minimum atomic E-state index is -0.979. The minimum absolute atomic E-state index is 0.193. The average Bonchev–Trinajstić information content (AvgIpc) is 2.54. The molecule has 0 bridgehead atoms. The molecule has 0 aromatic heterocycles. The first-order valence-corrected chi connectivity index (χ1v) is 7.08. The van der Waals surface area contributed by atoms with E-state index in [1.807, 2.05) is 30.3 Å². The summed E-state index contributed by atoms with van der Waals surface area (Å²) < 4.78 is 10.4. The molecule has 0 spiro atoms. The van der Waals surface area contributed by atoms with E-state index in [4.69, 9.17) is 14.6 Å². The number of nitrogens with zero attached hydrogens (tertiary/aromatic N) is 1. The van der Waals surface area contributed by atoms with Crippen LogP contribution in [0.1, 0.15) is 12.0 Å². The summed E-state index contributed by atoms with van der Waals surface area (Å²) >= 11 is 0. The Morgan fingerprint density at radius 3 is 2.73 bits per heavy atom. The van der Waals surface area contributed by atoms with Crippen molar-refractivity contribution in [3.05, 3.63) is 35.9 Å². The first-order chi connectivity index (χ1) is 10.6. The molecule has 1 aromatic rings. The second-order valence-electron chi connectivity index (χ2n) is 5.10. The number of methoxy groups -OCH3 is 1. The number of amides is 2. The van der Waals surface area contributed by atoms with Crippen LogP contribution in [0.25, 0.3) is 0 Å². The maximum Gasteiger partial charge on any atom is 0.407 e. The van der Waals surface area contributed by atoms with E-state index in [1.165, 1.54) is 12.0 Å². The Balaban J connectivity index is 1.81. The maximum atomic E-state index is 11.8. The summed E-state index contributed by atoms with van der Waals surface area (Å²) in [5.41, 5.74) is 0.904. The van der Waals surface area contributed by atoms with Gasteiger partial charge in [-0.25, -0.2) is 9.59 Å². The third kappa shape index (κ3) is 4.36. The molecule has 0 radical (unpaired) electrons. The van der Waals surface area contributed by atoms with Crippen molar-refractivity contribution in [3.63, 3.8) is 0 Å². The standard InChI is InChI=1S/C15H20N2O5/c1-21-13-9-17(15(19)20)8-7-12(13)16-14(18)22-10-11-5-3-2-4-6-11/h2-6,12-13H,7-10H2,1H3,(H,16,18)(H,19,20)/t12-,13+/m1/s1. The number of carbonyl (C=O) groups excluding carboxylic acids is 1. The Bertz CT molecular complexity index is 508. The molecule has 1 fully saturated rings. The number of carboxylic acid groups (broad SMARTS) is 1. The molecule has 1 heterocycles. The summed E-state index contributed by atoms with van der Waals surface area (Å²) in [4.78, 5) is 24.1. The van der Waals surface area contributed by atoms with Crippen molar-refractivity contribution in [3.8, 4) is 0 Å². The summed E-state index contributed by atoms with van der Waals surface area (Å²) in [6.07, 6.45) is -1.40. The molecule has 1 aromatic carbocycles. The second kappa shape index (κ2) is 7.65. The van der Waals surface area contributed by atoms with Gasteiger partial charge in [-0.2, -0.15) is 0 Å². The number of hydrogen-bond acceptors (Lipinski definition) is 4. The minimum Gasteiger partial charge on any atom is -0.465 e. The van der Waals surface area contributed by atoms with Crippen molar-refractivity contribution in [2.24, 2.45) is 0 Å². The third-order valence-corrected chi connectivity index (χ3v) is 3.65. The smallest absolute Gasteiger partial charge is 0.407 e. The Labute approximate surface area is 128 Å². The van der Waals surface area contributed by atoms with Crippen LogP contribution in [0.5, 0.6) is 0 Å². The number of hydrogen-bond donors (Lipinski definition) is 2. The van der Waals surface area contributed by atoms with Gasteiger partial charge in [0, 0.05) is 13.7 Å². The number of nitrogens with one attached hydrogen (secondary N) is 1. The predicted octanol–water partition coefficient (Wildman–Crippen LogP) is 1.68. The second-order valence-corrected chi connectivity index (χ2v) is 5.10. The molecule has 2 rings (SSSR count). The van der Waals surface area contributed by atoms with E-state index in [0.717, 1.165) is 5.56 Å². The molecule has 22 heavy (non-hydrogen) atoms. The first kappa shape index (κ1) is 16.1. The molecule has 120 valence electrons. The molecule has 1 aliphatic heterocycles. The van der Waals surface area contributed by atoms with Gasteiger partial charge in [0.25, 0.3) is 0 Å². The molecule has 7 heteroatoms. The Hall–Kier alpha value is -2.28. The van der Waals surface area contributed by atoms with E-state index in [-0.39, 0.29) is 25.3 Å². The van der Waals surface area contributed by atoms with Gasteiger partial charge in [0.1, 0.15) is 6.61 Å². The van der Waals surface area contributed by atoms with Gasteiger partial charge in [0.2, 0.25) is 0 Å². The van der Waals surface area contributed by atoms with Crippen LogP contribution in [0.3, 0.4) is 0 Å². The molecular weight excluding hydrogens is 288 g/mol. The van der Waals surface area contributed by atoms with Crippen LogP contribution in [0, 0.1) is 0 Å². The summed E-state index contributed by atoms with van der Waals surface area (Å²) in [6, 6.07) is 9.12. The van der Waals surface area contributed by atoms with Gasteiger partial charge in [0.05, 0.1) is 18.7 Å². The molecular formula is C15H20N2O5. The van der Waals surface area contributed by atoms with Gasteiger partial charge in [-0.3, -0.25) is 0 Å². The zero-order chi connectivity index (χ0) is 15.9. The van der Waals surface area contributed by atoms with Crippen molar-refractivity contribution in [1.82, 2.24) is 10.2 Å². The first-order valence-electron chi connectivity index (χ1n) is 7.08. The highest BCUT2D eigenvalue weighted by atomic mass is 16.5. The van der Waals surface area contributed by atoms with E-state index >= 15 is 0 Å². The van der Waals surface area contributed by atoms with Crippen LogP contribution >= 0.6 is 0 Å². The maximum absolute atomic E-state index is 11.8. The summed E-state index contributed by atoms with van der Waals surface area (Å²) in [7, 11) is 1.50. The molecule has 0 aliphatic carbocycles. The van der Waals surface area contributed by atoms with E-state index in [2.05, 4.69) is 5.32 Å². The molecule has 2 N–H and O–H groups in total. The van der Waals surface area contributed by atoms with E-state index < -0.39 is 12.2 Å². The Kier molecular flexibility index (Phi) is 5.60. The topological polar surface area (TPSA) is 88.1 Å². The van der Waals surface area contributed by atoms with E-state index in [9.17, 15) is 9.59 Å². The molecule has 0 saturated carbocycles. The van der Waals surface area contributed by atoms with Crippen molar-refractivity contribution >= 4 is 12.2 Å². The van der Waals surface area contributed by atoms with E-state index in [0.29, 0.717) is 13.0 Å². The molecule has 1 aliphatic rings. The Morgan fingerprint density at radius 2 is 2.09 bits per heavy atom. The summed E-state index contributed by atoms with van der Waals surface area (Å²) in [6.45, 7) is 0.784. The van der Waals surface area contributed by atoms with Gasteiger partial charge in [-0.1, -0.05) is 30.3 Å². The van der Waals surface area contributed by atoms with Crippen molar-refractivity contribution in [1.29, 1.82) is 0 Å². The summed E-state index contributed by atoms with van der Waals surface area (Å²) in [5, 5.41) is 11.7. The van der Waals surface area contributed by atoms with Crippen molar-refractivity contribution in [2.45, 2.75) is 25.2 Å². The lowest BCUT2D eigenvalue weighted by Crippen LogP contribution is -2.55. The fourth-order valence-electron chi connectivity index (χ4n) is 2.41. The molecule has 2 atom stereocenters. The molecule has 1 saturated heterocycles. The Morgan fingerprint density at radius 1 is 1.36 bits per heavy atom. The predicted molar refractivity (Wildman–Crippen MR) is 78.6 cm³/mol. The number of alkyl carbamates (subject to hydrolysis) is 1. The third-order valence-electron chi connectivity index (χ3n) is 3.65. The van der Waals surface area contributed by atoms with Crippen LogP contribution in [-0.4, -0.2) is 54.5 Å². The zero-order valence-electron chi connectivity index (χ0n) is 12.4. The van der Waals surface area contributed by atoms with Crippen molar-refractivity contribution in [2.75, 3.05) is 20.2 Å². The van der Waals surface area contributed by atoms with E-state index in [1.54, 1.807) is 0 Å². The number of rotatable bonds is 4. The zero-order valence-corrected chi connectivity index (χ0v) is 12.4. The SMILES string of the molecule is CO[C@H]1CN(C(=O)O)CC[C@H]1NC(=O)OCc1ccccc1. The number of carbonyl (C=O) groups is 2. The molecule has 7 nitrogen and oxygen atoms in total. The van der Waals surface area contributed by atoms with Gasteiger partial charge in [-0.15, -0.1) is 0 Å². The lowest BCUT2D eigenvalue weighted by atomic mass is 10.0. The normalized spacial score (nSPS) is 21.2. The lowest BCUT2D eigenvalue weighted by molar-refractivity contribution is 0.00870. The number of likely N-dealkylation sites (tertiary alicyclic amines) is 1. The van der Waals surface area contributed by atoms with Crippen LogP contribution in [0.4, 0.5) is 9.59 Å². The number of piperidine rings is 1. The van der Waals surface area contributed by atoms with Crippen LogP contribution in [0.2, 0.25) is 0 Å². The fraction of sp³-hybridized carbons (Fsp3) is 0.467. The monoisotopic (exact) mass is 308 g/mol. The number of benzene rings is 1. The number of ether oxygens (including phenoxy) is 2. The lowest BCUT2D eigenvalue weighted by Gasteiger charge is -2.36. The van der Waals surface area contributed by atoms with Gasteiger partial charge >= 0.3 is 12.2 Å². The fourth-order valence-corrected chi connectivity index (χ4v) is 2.41. The molecule has 2 amide bonds. The van der Waals surface area contributed by atoms with Crippen LogP contribution in [-0.2, 0) is 16.1 Å². The van der Waals surface area contributed by atoms with Crippen molar-refractivity contribution < 1.29 is 24.2 Å². The van der Waals surface area contributed by atoms with Gasteiger partial charge in [-0.05, 0) is 12.0 Å². The highest BCUT2D eigenvalue weighted by molar-refractivity contribution is 5.68. The highest BCUT2D eigenvalue weighted by Crippen LogP contribution is 2.14. The summed E-state index contributed by atoms with van der Waals surface area (Å²) in [5.74, 6) is 0. The van der Waals surface area contributed by atoms with Gasteiger partial charge in [0.15, 0.2) is 0 Å². The molecule has 0 unspecified atom stereocenters.